The number of amides is 1. The van der Waals surface area contributed by atoms with Gasteiger partial charge in [-0.1, -0.05) is 0 Å². The molecule has 82 valence electrons. The first-order valence-electron chi connectivity index (χ1n) is 4.69. The van der Waals surface area contributed by atoms with Crippen LogP contribution in [0.5, 0.6) is 5.75 Å². The van der Waals surface area contributed by atoms with Crippen LogP contribution in [0.2, 0.25) is 0 Å². The zero-order chi connectivity index (χ0) is 11.4. The second kappa shape index (κ2) is 4.79. The topological polar surface area (TPSA) is 58.6 Å². The predicted octanol–water partition coefficient (Wildman–Crippen LogP) is 1.65. The highest BCUT2D eigenvalue weighted by Crippen LogP contribution is 2.20. The standard InChI is InChI=1S/C11H15NO3/c1-7-4-10(5-8(2)9(7)3)15-11(14)12-6-13/h4-5,13H,6H2,1-3H3,(H,12,14). The summed E-state index contributed by atoms with van der Waals surface area (Å²) >= 11 is 0. The minimum Gasteiger partial charge on any atom is -0.410 e. The van der Waals surface area contributed by atoms with Crippen LogP contribution in [0.3, 0.4) is 0 Å². The lowest BCUT2D eigenvalue weighted by molar-refractivity contribution is 0.181. The molecule has 0 unspecified atom stereocenters. The van der Waals surface area contributed by atoms with Crippen molar-refractivity contribution >= 4 is 6.09 Å². The van der Waals surface area contributed by atoms with Gasteiger partial charge in [-0.15, -0.1) is 0 Å². The molecule has 0 radical (unpaired) electrons. The number of ether oxygens (including phenoxy) is 1. The number of aliphatic hydroxyl groups is 1. The summed E-state index contributed by atoms with van der Waals surface area (Å²) in [5.74, 6) is 0.488. The van der Waals surface area contributed by atoms with E-state index >= 15 is 0 Å². The summed E-state index contributed by atoms with van der Waals surface area (Å²) in [6.07, 6.45) is -0.653. The second-order valence-corrected chi connectivity index (χ2v) is 3.41. The highest BCUT2D eigenvalue weighted by molar-refractivity contribution is 5.70. The van der Waals surface area contributed by atoms with Crippen LogP contribution in [0.15, 0.2) is 12.1 Å². The molecule has 1 rings (SSSR count). The first-order valence-corrected chi connectivity index (χ1v) is 4.69. The molecule has 1 amide bonds. The van der Waals surface area contributed by atoms with E-state index in [0.29, 0.717) is 5.75 Å². The molecule has 0 atom stereocenters. The molecule has 15 heavy (non-hydrogen) atoms. The SMILES string of the molecule is Cc1cc(OC(=O)NCO)cc(C)c1C. The van der Waals surface area contributed by atoms with Gasteiger partial charge in [-0.2, -0.15) is 0 Å². The molecule has 0 aliphatic carbocycles. The molecule has 0 fully saturated rings. The van der Waals surface area contributed by atoms with Crippen molar-refractivity contribution in [3.8, 4) is 5.75 Å². The lowest BCUT2D eigenvalue weighted by Gasteiger charge is -2.09. The third-order valence-corrected chi connectivity index (χ3v) is 2.33. The number of carbonyl (C=O) groups is 1. The highest BCUT2D eigenvalue weighted by Gasteiger charge is 2.06. The smallest absolute Gasteiger partial charge is 0.410 e. The van der Waals surface area contributed by atoms with Gasteiger partial charge in [-0.05, 0) is 49.6 Å². The number of aliphatic hydroxyl groups excluding tert-OH is 1. The van der Waals surface area contributed by atoms with Gasteiger partial charge in [-0.3, -0.25) is 5.32 Å². The van der Waals surface area contributed by atoms with Gasteiger partial charge < -0.3 is 9.84 Å². The van der Waals surface area contributed by atoms with Crippen LogP contribution >= 0.6 is 0 Å². The summed E-state index contributed by atoms with van der Waals surface area (Å²) in [4.78, 5) is 11.0. The number of rotatable bonds is 2. The van der Waals surface area contributed by atoms with Crippen molar-refractivity contribution in [3.63, 3.8) is 0 Å². The van der Waals surface area contributed by atoms with Gasteiger partial charge in [0.2, 0.25) is 0 Å². The average molecular weight is 209 g/mol. The van der Waals surface area contributed by atoms with Crippen molar-refractivity contribution in [2.45, 2.75) is 20.8 Å². The van der Waals surface area contributed by atoms with Crippen molar-refractivity contribution < 1.29 is 14.6 Å². The van der Waals surface area contributed by atoms with E-state index in [2.05, 4.69) is 5.32 Å². The lowest BCUT2D eigenvalue weighted by atomic mass is 10.0. The van der Waals surface area contributed by atoms with Gasteiger partial charge in [0.05, 0.1) is 0 Å². The predicted molar refractivity (Wildman–Crippen MR) is 56.9 cm³/mol. The number of hydrogen-bond acceptors (Lipinski definition) is 3. The summed E-state index contributed by atoms with van der Waals surface area (Å²) in [5.41, 5.74) is 3.33. The molecule has 0 bridgehead atoms. The van der Waals surface area contributed by atoms with Crippen molar-refractivity contribution in [2.24, 2.45) is 0 Å². The number of carbonyl (C=O) groups excluding carboxylic acids is 1. The van der Waals surface area contributed by atoms with Gasteiger partial charge in [0.1, 0.15) is 12.5 Å². The van der Waals surface area contributed by atoms with Crippen molar-refractivity contribution in [2.75, 3.05) is 6.73 Å². The van der Waals surface area contributed by atoms with Crippen LogP contribution in [0.25, 0.3) is 0 Å². The Labute approximate surface area is 88.9 Å². The molecular weight excluding hydrogens is 194 g/mol. The van der Waals surface area contributed by atoms with E-state index in [1.54, 1.807) is 12.1 Å². The van der Waals surface area contributed by atoms with Gasteiger partial charge in [0.15, 0.2) is 0 Å². The Hall–Kier alpha value is -1.55. The molecule has 0 aliphatic rings. The number of aryl methyl sites for hydroxylation is 2. The minimum atomic E-state index is -0.653. The average Bonchev–Trinajstić information content (AvgIpc) is 2.14. The molecule has 1 aromatic carbocycles. The minimum absolute atomic E-state index is 0.428. The molecule has 0 aliphatic heterocycles. The van der Waals surface area contributed by atoms with Crippen LogP contribution in [-0.2, 0) is 0 Å². The molecule has 0 heterocycles. The van der Waals surface area contributed by atoms with Crippen molar-refractivity contribution in [1.82, 2.24) is 5.32 Å². The van der Waals surface area contributed by atoms with Crippen molar-refractivity contribution in [1.29, 1.82) is 0 Å². The highest BCUT2D eigenvalue weighted by atomic mass is 16.6. The van der Waals surface area contributed by atoms with Gasteiger partial charge in [-0.25, -0.2) is 4.79 Å². The van der Waals surface area contributed by atoms with E-state index in [9.17, 15) is 4.79 Å². The zero-order valence-electron chi connectivity index (χ0n) is 9.13. The van der Waals surface area contributed by atoms with Crippen LogP contribution in [0, 0.1) is 20.8 Å². The zero-order valence-corrected chi connectivity index (χ0v) is 9.13. The molecule has 0 saturated heterocycles. The molecule has 2 N–H and O–H groups in total. The fraction of sp³-hybridized carbons (Fsp3) is 0.364. The Morgan fingerprint density at radius 1 is 1.33 bits per heavy atom. The quantitative estimate of drug-likeness (QED) is 0.728. The monoisotopic (exact) mass is 209 g/mol. The van der Waals surface area contributed by atoms with Crippen LogP contribution < -0.4 is 10.1 Å². The first-order chi connectivity index (χ1) is 7.04. The molecule has 0 aromatic heterocycles. The summed E-state index contributed by atoms with van der Waals surface area (Å²) in [6.45, 7) is 5.50. The Morgan fingerprint density at radius 3 is 2.33 bits per heavy atom. The molecule has 4 nitrogen and oxygen atoms in total. The maximum absolute atomic E-state index is 11.0. The number of benzene rings is 1. The van der Waals surface area contributed by atoms with E-state index in [1.807, 2.05) is 20.8 Å². The first kappa shape index (κ1) is 11.5. The van der Waals surface area contributed by atoms with E-state index in [0.717, 1.165) is 11.1 Å². The van der Waals surface area contributed by atoms with Gasteiger partial charge in [0.25, 0.3) is 0 Å². The van der Waals surface area contributed by atoms with E-state index in [-0.39, 0.29) is 0 Å². The van der Waals surface area contributed by atoms with Gasteiger partial charge in [0, 0.05) is 0 Å². The summed E-state index contributed by atoms with van der Waals surface area (Å²) in [5, 5.41) is 10.6. The van der Waals surface area contributed by atoms with Gasteiger partial charge >= 0.3 is 6.09 Å². The molecule has 0 spiro atoms. The van der Waals surface area contributed by atoms with E-state index in [1.165, 1.54) is 5.56 Å². The van der Waals surface area contributed by atoms with Crippen LogP contribution in [0.1, 0.15) is 16.7 Å². The fourth-order valence-electron chi connectivity index (χ4n) is 1.26. The maximum Gasteiger partial charge on any atom is 0.414 e. The molecule has 0 saturated carbocycles. The van der Waals surface area contributed by atoms with Crippen molar-refractivity contribution in [3.05, 3.63) is 28.8 Å². The molecular formula is C11H15NO3. The Balaban J connectivity index is 2.83. The Kier molecular flexibility index (Phi) is 3.68. The Bertz CT molecular complexity index is 351. The van der Waals surface area contributed by atoms with Crippen LogP contribution in [0.4, 0.5) is 4.79 Å². The maximum atomic E-state index is 11.0. The summed E-state index contributed by atoms with van der Waals surface area (Å²) in [7, 11) is 0. The Morgan fingerprint density at radius 2 is 1.87 bits per heavy atom. The van der Waals surface area contributed by atoms with E-state index in [4.69, 9.17) is 9.84 Å². The number of nitrogens with one attached hydrogen (secondary N) is 1. The summed E-state index contributed by atoms with van der Waals surface area (Å²) in [6, 6.07) is 3.58. The number of hydrogen-bond donors (Lipinski definition) is 2. The largest absolute Gasteiger partial charge is 0.414 e. The molecule has 1 aromatic rings. The molecule has 4 heteroatoms. The van der Waals surface area contributed by atoms with Crippen LogP contribution in [-0.4, -0.2) is 17.9 Å². The summed E-state index contributed by atoms with van der Waals surface area (Å²) < 4.78 is 4.96. The van der Waals surface area contributed by atoms with E-state index < -0.39 is 12.8 Å². The fourth-order valence-corrected chi connectivity index (χ4v) is 1.26. The lowest BCUT2D eigenvalue weighted by Crippen LogP contribution is -2.27. The second-order valence-electron chi connectivity index (χ2n) is 3.41. The third kappa shape index (κ3) is 2.95. The normalized spacial score (nSPS) is 9.87. The third-order valence-electron chi connectivity index (χ3n) is 2.33.